The molecule has 0 radical (unpaired) electrons. The second kappa shape index (κ2) is 10.8. The molecular weight excluding hydrogens is 387 g/mol. The predicted octanol–water partition coefficient (Wildman–Crippen LogP) is 4.45. The molecule has 1 atom stereocenters. The molecule has 1 unspecified atom stereocenters. The number of carbonyl (C=O) groups is 1. The van der Waals surface area contributed by atoms with Crippen LogP contribution in [-0.4, -0.2) is 30.8 Å². The van der Waals surface area contributed by atoms with Crippen molar-refractivity contribution in [2.45, 2.75) is 24.1 Å². The third-order valence-corrected chi connectivity index (χ3v) is 5.92. The Kier molecular flexibility index (Phi) is 8.79. The SMILES string of the molecule is Cl.O=C(CSC(c1ccccc1)c1ccc(Cl)cc1)NC1CCNCC1. The van der Waals surface area contributed by atoms with Gasteiger partial charge in [-0.2, -0.15) is 0 Å². The molecule has 0 saturated carbocycles. The molecule has 0 spiro atoms. The van der Waals surface area contributed by atoms with Gasteiger partial charge in [-0.05, 0) is 49.2 Å². The third kappa shape index (κ3) is 6.20. The zero-order valence-electron chi connectivity index (χ0n) is 14.5. The first-order valence-corrected chi connectivity index (χ1v) is 10.1. The van der Waals surface area contributed by atoms with Crippen molar-refractivity contribution in [3.8, 4) is 0 Å². The van der Waals surface area contributed by atoms with Crippen molar-refractivity contribution in [2.24, 2.45) is 0 Å². The van der Waals surface area contributed by atoms with Crippen LogP contribution < -0.4 is 10.6 Å². The summed E-state index contributed by atoms with van der Waals surface area (Å²) < 4.78 is 0. The Morgan fingerprint density at radius 3 is 2.35 bits per heavy atom. The van der Waals surface area contributed by atoms with E-state index in [4.69, 9.17) is 11.6 Å². The maximum Gasteiger partial charge on any atom is 0.230 e. The standard InChI is InChI=1S/C20H23ClN2OS.ClH/c21-17-8-6-16(7-9-17)20(15-4-2-1-3-5-15)25-14-19(24)23-18-10-12-22-13-11-18;/h1-9,18,20,22H,10-14H2,(H,23,24);1H. The molecule has 1 aliphatic heterocycles. The average Bonchev–Trinajstić information content (AvgIpc) is 2.65. The maximum atomic E-state index is 12.4. The Morgan fingerprint density at radius 2 is 1.69 bits per heavy atom. The molecule has 2 N–H and O–H groups in total. The molecule has 2 aromatic rings. The van der Waals surface area contributed by atoms with Crippen LogP contribution >= 0.6 is 35.8 Å². The number of piperidine rings is 1. The number of halogens is 2. The lowest BCUT2D eigenvalue weighted by molar-refractivity contribution is -0.119. The Bertz CT molecular complexity index is 676. The summed E-state index contributed by atoms with van der Waals surface area (Å²) in [7, 11) is 0. The molecule has 0 aromatic heterocycles. The zero-order valence-corrected chi connectivity index (χ0v) is 16.9. The highest BCUT2D eigenvalue weighted by molar-refractivity contribution is 8.00. The lowest BCUT2D eigenvalue weighted by atomic mass is 10.0. The molecule has 2 aromatic carbocycles. The van der Waals surface area contributed by atoms with Crippen LogP contribution in [0.5, 0.6) is 0 Å². The number of hydrogen-bond donors (Lipinski definition) is 2. The molecule has 26 heavy (non-hydrogen) atoms. The van der Waals surface area contributed by atoms with Crippen molar-refractivity contribution in [2.75, 3.05) is 18.8 Å². The minimum Gasteiger partial charge on any atom is -0.353 e. The first-order valence-electron chi connectivity index (χ1n) is 8.64. The van der Waals surface area contributed by atoms with Crippen LogP contribution in [0.25, 0.3) is 0 Å². The van der Waals surface area contributed by atoms with Gasteiger partial charge in [0.2, 0.25) is 5.91 Å². The Balaban J connectivity index is 0.00000243. The van der Waals surface area contributed by atoms with Crippen LogP contribution in [-0.2, 0) is 4.79 Å². The molecule has 1 aliphatic rings. The highest BCUT2D eigenvalue weighted by Crippen LogP contribution is 2.35. The van der Waals surface area contributed by atoms with Crippen LogP contribution in [0.3, 0.4) is 0 Å². The number of carbonyl (C=O) groups excluding carboxylic acids is 1. The monoisotopic (exact) mass is 410 g/mol. The molecule has 140 valence electrons. The van der Waals surface area contributed by atoms with Crippen molar-refractivity contribution >= 4 is 41.7 Å². The molecule has 1 amide bonds. The number of rotatable bonds is 6. The van der Waals surface area contributed by atoms with Crippen molar-refractivity contribution < 1.29 is 4.79 Å². The van der Waals surface area contributed by atoms with Gasteiger partial charge in [0.1, 0.15) is 0 Å². The van der Waals surface area contributed by atoms with Gasteiger partial charge in [-0.25, -0.2) is 0 Å². The molecule has 3 rings (SSSR count). The summed E-state index contributed by atoms with van der Waals surface area (Å²) in [6, 6.07) is 18.5. The molecule has 1 fully saturated rings. The van der Waals surface area contributed by atoms with Gasteiger partial charge in [-0.3, -0.25) is 4.79 Å². The van der Waals surface area contributed by atoms with E-state index in [1.807, 2.05) is 42.5 Å². The van der Waals surface area contributed by atoms with Crippen molar-refractivity contribution in [3.63, 3.8) is 0 Å². The summed E-state index contributed by atoms with van der Waals surface area (Å²) >= 11 is 7.68. The Hall–Kier alpha value is -1.20. The van der Waals surface area contributed by atoms with E-state index in [1.165, 1.54) is 5.56 Å². The summed E-state index contributed by atoms with van der Waals surface area (Å²) in [6.07, 6.45) is 2.02. The van der Waals surface area contributed by atoms with Gasteiger partial charge in [0.15, 0.2) is 0 Å². The largest absolute Gasteiger partial charge is 0.353 e. The van der Waals surface area contributed by atoms with E-state index in [0.29, 0.717) is 11.8 Å². The molecule has 6 heteroatoms. The van der Waals surface area contributed by atoms with Gasteiger partial charge >= 0.3 is 0 Å². The number of hydrogen-bond acceptors (Lipinski definition) is 3. The summed E-state index contributed by atoms with van der Waals surface area (Å²) in [4.78, 5) is 12.4. The van der Waals surface area contributed by atoms with Crippen LogP contribution in [0.2, 0.25) is 5.02 Å². The normalized spacial score (nSPS) is 15.7. The fourth-order valence-corrected chi connectivity index (χ4v) is 4.27. The number of nitrogens with one attached hydrogen (secondary N) is 2. The minimum absolute atomic E-state index is 0. The van der Waals surface area contributed by atoms with Gasteiger partial charge in [0, 0.05) is 11.1 Å². The van der Waals surface area contributed by atoms with E-state index >= 15 is 0 Å². The highest BCUT2D eigenvalue weighted by Gasteiger charge is 2.19. The van der Waals surface area contributed by atoms with Gasteiger partial charge in [-0.15, -0.1) is 24.2 Å². The van der Waals surface area contributed by atoms with Crippen LogP contribution in [0.1, 0.15) is 29.2 Å². The summed E-state index contributed by atoms with van der Waals surface area (Å²) in [5.74, 6) is 0.568. The van der Waals surface area contributed by atoms with E-state index < -0.39 is 0 Å². The number of thioether (sulfide) groups is 1. The summed E-state index contributed by atoms with van der Waals surface area (Å²) in [6.45, 7) is 1.96. The van der Waals surface area contributed by atoms with Gasteiger partial charge in [0.25, 0.3) is 0 Å². The van der Waals surface area contributed by atoms with E-state index in [9.17, 15) is 4.79 Å². The molecule has 1 heterocycles. The number of amides is 1. The van der Waals surface area contributed by atoms with Gasteiger partial charge in [-0.1, -0.05) is 54.1 Å². The summed E-state index contributed by atoms with van der Waals surface area (Å²) in [5, 5.41) is 7.33. The molecular formula is C20H24Cl2N2OS. The second-order valence-corrected chi connectivity index (χ2v) is 7.77. The molecule has 1 saturated heterocycles. The van der Waals surface area contributed by atoms with Crippen LogP contribution in [0.4, 0.5) is 0 Å². The van der Waals surface area contributed by atoms with Crippen LogP contribution in [0, 0.1) is 0 Å². The second-order valence-electron chi connectivity index (χ2n) is 6.25. The van der Waals surface area contributed by atoms with E-state index in [-0.39, 0.29) is 23.6 Å². The predicted molar refractivity (Wildman–Crippen MR) is 113 cm³/mol. The van der Waals surface area contributed by atoms with Crippen molar-refractivity contribution in [1.29, 1.82) is 0 Å². The lowest BCUT2D eigenvalue weighted by Crippen LogP contribution is -2.43. The zero-order chi connectivity index (χ0) is 17.5. The van der Waals surface area contributed by atoms with Crippen molar-refractivity contribution in [3.05, 3.63) is 70.7 Å². The number of benzene rings is 2. The summed E-state index contributed by atoms with van der Waals surface area (Å²) in [5.41, 5.74) is 2.36. The Morgan fingerprint density at radius 1 is 1.08 bits per heavy atom. The fourth-order valence-electron chi connectivity index (χ4n) is 3.04. The van der Waals surface area contributed by atoms with Gasteiger partial charge < -0.3 is 10.6 Å². The minimum atomic E-state index is 0. The maximum absolute atomic E-state index is 12.4. The third-order valence-electron chi connectivity index (χ3n) is 4.36. The van der Waals surface area contributed by atoms with E-state index in [1.54, 1.807) is 11.8 Å². The first kappa shape index (κ1) is 21.1. The molecule has 3 nitrogen and oxygen atoms in total. The fraction of sp³-hybridized carbons (Fsp3) is 0.350. The molecule has 0 aliphatic carbocycles. The lowest BCUT2D eigenvalue weighted by Gasteiger charge is -2.24. The van der Waals surface area contributed by atoms with E-state index in [2.05, 4.69) is 22.8 Å². The van der Waals surface area contributed by atoms with Crippen molar-refractivity contribution in [1.82, 2.24) is 10.6 Å². The first-order chi connectivity index (χ1) is 12.2. The Labute approximate surface area is 170 Å². The van der Waals surface area contributed by atoms with Crippen LogP contribution in [0.15, 0.2) is 54.6 Å². The quantitative estimate of drug-likeness (QED) is 0.738. The topological polar surface area (TPSA) is 41.1 Å². The van der Waals surface area contributed by atoms with Gasteiger partial charge in [0.05, 0.1) is 11.0 Å². The molecule has 0 bridgehead atoms. The van der Waals surface area contributed by atoms with E-state index in [0.717, 1.165) is 36.5 Å². The average molecular weight is 411 g/mol. The smallest absolute Gasteiger partial charge is 0.230 e. The highest BCUT2D eigenvalue weighted by atomic mass is 35.5.